The van der Waals surface area contributed by atoms with E-state index < -0.39 is 0 Å². The van der Waals surface area contributed by atoms with Gasteiger partial charge in [-0.05, 0) is 29.3 Å². The Bertz CT molecular complexity index is 827. The van der Waals surface area contributed by atoms with Crippen molar-refractivity contribution < 1.29 is 19.3 Å². The summed E-state index contributed by atoms with van der Waals surface area (Å²) in [6.45, 7) is 7.27. The Balaban J connectivity index is 1.24. The zero-order valence-corrected chi connectivity index (χ0v) is 17.0. The summed E-state index contributed by atoms with van der Waals surface area (Å²) in [5.41, 5.74) is 4.88. The number of rotatable bonds is 6. The van der Waals surface area contributed by atoms with Crippen molar-refractivity contribution in [3.63, 3.8) is 0 Å². The molecule has 3 N–H and O–H groups in total. The van der Waals surface area contributed by atoms with Gasteiger partial charge in [0.2, 0.25) is 0 Å². The van der Waals surface area contributed by atoms with E-state index in [0.717, 1.165) is 58.0 Å². The summed E-state index contributed by atoms with van der Waals surface area (Å²) in [6.07, 6.45) is 3.30. The molecule has 0 saturated carbocycles. The maximum Gasteiger partial charge on any atom is 0.279 e. The van der Waals surface area contributed by atoms with Gasteiger partial charge in [0.1, 0.15) is 19.6 Å². The van der Waals surface area contributed by atoms with E-state index in [1.54, 1.807) is 4.90 Å². The second-order valence-electron chi connectivity index (χ2n) is 8.01. The van der Waals surface area contributed by atoms with Gasteiger partial charge in [0, 0.05) is 17.7 Å². The van der Waals surface area contributed by atoms with Gasteiger partial charge < -0.3 is 19.9 Å². The largest absolute Gasteiger partial charge is 0.370 e. The van der Waals surface area contributed by atoms with Crippen LogP contribution in [0.15, 0.2) is 60.7 Å². The first-order valence-corrected chi connectivity index (χ1v) is 10.6. The molecule has 2 aromatic rings. The number of nitrogens with one attached hydrogen (secondary N) is 3. The minimum atomic E-state index is 0.0862. The molecule has 5 nitrogen and oxygen atoms in total. The molecular formula is C24H31N3O2+2. The van der Waals surface area contributed by atoms with Crippen LogP contribution in [-0.2, 0) is 16.1 Å². The van der Waals surface area contributed by atoms with E-state index in [1.807, 2.05) is 18.2 Å². The number of benzene rings is 2. The molecule has 0 aliphatic carbocycles. The summed E-state index contributed by atoms with van der Waals surface area (Å²) in [6, 6.07) is 18.8. The Morgan fingerprint density at radius 1 is 0.931 bits per heavy atom. The van der Waals surface area contributed by atoms with Crippen molar-refractivity contribution in [3.05, 3.63) is 71.8 Å². The fourth-order valence-corrected chi connectivity index (χ4v) is 4.12. The van der Waals surface area contributed by atoms with Crippen LogP contribution in [0.1, 0.15) is 17.5 Å². The molecule has 0 aromatic heterocycles. The molecule has 5 heteroatoms. The van der Waals surface area contributed by atoms with E-state index in [4.69, 9.17) is 4.74 Å². The van der Waals surface area contributed by atoms with Crippen LogP contribution in [0.2, 0.25) is 0 Å². The first-order chi connectivity index (χ1) is 14.3. The lowest BCUT2D eigenvalue weighted by atomic mass is 10.00. The van der Waals surface area contributed by atoms with Crippen molar-refractivity contribution in [2.45, 2.75) is 13.0 Å². The first-order valence-electron chi connectivity index (χ1n) is 10.6. The van der Waals surface area contributed by atoms with Crippen LogP contribution in [0.5, 0.6) is 0 Å². The SMILES string of the molecule is O=C(C[NH+]1CC=C(c2ccccc2)CC1)Nc1ccc(C[NH+]2CCOCC2)cc1. The molecule has 29 heavy (non-hydrogen) atoms. The molecule has 1 fully saturated rings. The molecule has 0 bridgehead atoms. The predicted molar refractivity (Wildman–Crippen MR) is 115 cm³/mol. The smallest absolute Gasteiger partial charge is 0.279 e. The van der Waals surface area contributed by atoms with E-state index in [9.17, 15) is 4.79 Å². The average Bonchev–Trinajstić information content (AvgIpc) is 2.77. The predicted octanol–water partition coefficient (Wildman–Crippen LogP) is 0.412. The summed E-state index contributed by atoms with van der Waals surface area (Å²) >= 11 is 0. The number of quaternary nitrogens is 2. The Morgan fingerprint density at radius 3 is 2.38 bits per heavy atom. The molecule has 1 atom stereocenters. The summed E-state index contributed by atoms with van der Waals surface area (Å²) in [4.78, 5) is 15.3. The van der Waals surface area contributed by atoms with Crippen molar-refractivity contribution in [1.29, 1.82) is 0 Å². The summed E-state index contributed by atoms with van der Waals surface area (Å²) < 4.78 is 5.42. The van der Waals surface area contributed by atoms with Crippen LogP contribution in [0, 0.1) is 0 Å². The molecule has 2 aromatic carbocycles. The van der Waals surface area contributed by atoms with Crippen LogP contribution in [0.25, 0.3) is 5.57 Å². The number of hydrogen-bond acceptors (Lipinski definition) is 2. The molecule has 4 rings (SSSR count). The quantitative estimate of drug-likeness (QED) is 0.666. The van der Waals surface area contributed by atoms with E-state index in [0.29, 0.717) is 6.54 Å². The molecule has 1 saturated heterocycles. The maximum atomic E-state index is 12.5. The molecule has 2 aliphatic rings. The van der Waals surface area contributed by atoms with Gasteiger partial charge in [-0.3, -0.25) is 4.79 Å². The summed E-state index contributed by atoms with van der Waals surface area (Å²) in [5, 5.41) is 3.06. The minimum Gasteiger partial charge on any atom is -0.370 e. The first kappa shape index (κ1) is 19.8. The van der Waals surface area contributed by atoms with Gasteiger partial charge in [0.25, 0.3) is 5.91 Å². The Hall–Kier alpha value is -2.47. The number of anilines is 1. The topological polar surface area (TPSA) is 47.2 Å². The van der Waals surface area contributed by atoms with Gasteiger partial charge in [0.15, 0.2) is 6.54 Å². The van der Waals surface area contributed by atoms with Crippen LogP contribution in [0.3, 0.4) is 0 Å². The molecule has 1 unspecified atom stereocenters. The maximum absolute atomic E-state index is 12.5. The standard InChI is InChI=1S/C24H29N3O2/c28-24(19-26-12-10-22(11-13-26)21-4-2-1-3-5-21)25-23-8-6-20(7-9-23)18-27-14-16-29-17-15-27/h1-10H,11-19H2,(H,25,28)/p+2. The fourth-order valence-electron chi connectivity index (χ4n) is 4.12. The van der Waals surface area contributed by atoms with Crippen molar-refractivity contribution in [2.75, 3.05) is 51.3 Å². The van der Waals surface area contributed by atoms with Gasteiger partial charge in [0.05, 0.1) is 26.3 Å². The highest BCUT2D eigenvalue weighted by Gasteiger charge is 2.19. The fraction of sp³-hybridized carbons (Fsp3) is 0.375. The van der Waals surface area contributed by atoms with Crippen molar-refractivity contribution >= 4 is 17.2 Å². The zero-order valence-electron chi connectivity index (χ0n) is 17.0. The Kier molecular flexibility index (Phi) is 6.72. The van der Waals surface area contributed by atoms with Crippen LogP contribution in [0.4, 0.5) is 5.69 Å². The summed E-state index contributed by atoms with van der Waals surface area (Å²) in [7, 11) is 0. The lowest BCUT2D eigenvalue weighted by Crippen LogP contribution is -3.13. The molecule has 2 aliphatic heterocycles. The van der Waals surface area contributed by atoms with Gasteiger partial charge in [-0.1, -0.05) is 42.5 Å². The number of hydrogen-bond donors (Lipinski definition) is 3. The van der Waals surface area contributed by atoms with Gasteiger partial charge >= 0.3 is 0 Å². The minimum absolute atomic E-state index is 0.0862. The van der Waals surface area contributed by atoms with Crippen molar-refractivity contribution in [2.24, 2.45) is 0 Å². The Morgan fingerprint density at radius 2 is 1.69 bits per heavy atom. The number of amides is 1. The van der Waals surface area contributed by atoms with E-state index in [2.05, 4.69) is 47.8 Å². The highest BCUT2D eigenvalue weighted by atomic mass is 16.5. The monoisotopic (exact) mass is 393 g/mol. The lowest BCUT2D eigenvalue weighted by molar-refractivity contribution is -0.921. The van der Waals surface area contributed by atoms with Crippen LogP contribution in [-0.4, -0.2) is 51.8 Å². The normalized spacial score (nSPS) is 20.1. The third-order valence-electron chi connectivity index (χ3n) is 5.83. The molecule has 152 valence electrons. The van der Waals surface area contributed by atoms with Gasteiger partial charge in [-0.15, -0.1) is 0 Å². The third kappa shape index (κ3) is 5.76. The number of ether oxygens (including phenoxy) is 1. The highest BCUT2D eigenvalue weighted by molar-refractivity contribution is 5.91. The number of morpholine rings is 1. The molecule has 2 heterocycles. The second-order valence-corrected chi connectivity index (χ2v) is 8.01. The molecular weight excluding hydrogens is 362 g/mol. The summed E-state index contributed by atoms with van der Waals surface area (Å²) in [5.74, 6) is 0.0862. The lowest BCUT2D eigenvalue weighted by Gasteiger charge is -2.24. The second kappa shape index (κ2) is 9.83. The van der Waals surface area contributed by atoms with Crippen molar-refractivity contribution in [3.8, 4) is 0 Å². The molecule has 0 radical (unpaired) electrons. The van der Waals surface area contributed by atoms with Gasteiger partial charge in [-0.2, -0.15) is 0 Å². The Labute approximate surface area is 173 Å². The van der Waals surface area contributed by atoms with Crippen LogP contribution >= 0.6 is 0 Å². The number of carbonyl (C=O) groups excluding carboxylic acids is 1. The molecule has 0 spiro atoms. The van der Waals surface area contributed by atoms with E-state index in [-0.39, 0.29) is 5.91 Å². The average molecular weight is 394 g/mol. The van der Waals surface area contributed by atoms with E-state index >= 15 is 0 Å². The van der Waals surface area contributed by atoms with E-state index in [1.165, 1.54) is 21.6 Å². The highest BCUT2D eigenvalue weighted by Crippen LogP contribution is 2.17. The molecule has 1 amide bonds. The van der Waals surface area contributed by atoms with Crippen LogP contribution < -0.4 is 15.1 Å². The number of carbonyl (C=O) groups is 1. The van der Waals surface area contributed by atoms with Gasteiger partial charge in [-0.25, -0.2) is 0 Å². The third-order valence-corrected chi connectivity index (χ3v) is 5.83. The zero-order chi connectivity index (χ0) is 19.9. The van der Waals surface area contributed by atoms with Crippen molar-refractivity contribution in [1.82, 2.24) is 0 Å².